The summed E-state index contributed by atoms with van der Waals surface area (Å²) in [6.07, 6.45) is 0.566. The van der Waals surface area contributed by atoms with Crippen LogP contribution in [0.1, 0.15) is 74.8 Å². The molecular formula is C25H43O3P2. The van der Waals surface area contributed by atoms with Gasteiger partial charge >= 0.3 is 0 Å². The summed E-state index contributed by atoms with van der Waals surface area (Å²) >= 11 is 0. The Hall–Kier alpha value is -0.0400. The third-order valence-electron chi connectivity index (χ3n) is 5.01. The SMILES string of the molecule is C[C]1OC(C)OC(C)OC(C)P1c1ccccc1CP(C(C)(C)C)C(C)(C)C.[CH2].[CH2]. The highest BCUT2D eigenvalue weighted by Crippen LogP contribution is 2.62. The molecule has 2 rings (SSSR count). The fourth-order valence-electron chi connectivity index (χ4n) is 4.12. The van der Waals surface area contributed by atoms with E-state index in [-0.39, 0.29) is 41.2 Å². The Bertz CT molecular complexity index is 606. The molecule has 5 heteroatoms. The highest BCUT2D eigenvalue weighted by atomic mass is 31.1. The van der Waals surface area contributed by atoms with Gasteiger partial charge in [-0.15, -0.1) is 0 Å². The van der Waals surface area contributed by atoms with Crippen molar-refractivity contribution in [2.24, 2.45) is 0 Å². The molecule has 30 heavy (non-hydrogen) atoms. The highest BCUT2D eigenvalue weighted by Gasteiger charge is 2.37. The average molecular weight is 454 g/mol. The fraction of sp³-hybridized carbons (Fsp3) is 0.640. The molecule has 5 radical (unpaired) electrons. The Labute approximate surface area is 190 Å². The topological polar surface area (TPSA) is 27.7 Å². The molecule has 3 nitrogen and oxygen atoms in total. The summed E-state index contributed by atoms with van der Waals surface area (Å²) in [6, 6.07) is 8.92. The first kappa shape index (κ1) is 30.0. The maximum absolute atomic E-state index is 6.20. The Morgan fingerprint density at radius 3 is 1.93 bits per heavy atom. The van der Waals surface area contributed by atoms with E-state index in [0.29, 0.717) is 10.3 Å². The quantitative estimate of drug-likeness (QED) is 0.440. The molecule has 171 valence electrons. The van der Waals surface area contributed by atoms with E-state index < -0.39 is 7.92 Å². The Morgan fingerprint density at radius 2 is 1.40 bits per heavy atom. The highest BCUT2D eigenvalue weighted by molar-refractivity contribution is 7.69. The lowest BCUT2D eigenvalue weighted by Gasteiger charge is -2.43. The van der Waals surface area contributed by atoms with Crippen molar-refractivity contribution < 1.29 is 14.2 Å². The van der Waals surface area contributed by atoms with Crippen molar-refractivity contribution in [3.63, 3.8) is 0 Å². The van der Waals surface area contributed by atoms with Crippen molar-refractivity contribution >= 4 is 21.1 Å². The number of ether oxygens (including phenoxy) is 3. The zero-order valence-electron chi connectivity index (χ0n) is 20.8. The first-order valence-corrected chi connectivity index (χ1v) is 13.2. The first-order valence-electron chi connectivity index (χ1n) is 10.3. The van der Waals surface area contributed by atoms with Crippen molar-refractivity contribution in [3.05, 3.63) is 50.5 Å². The van der Waals surface area contributed by atoms with Gasteiger partial charge in [0, 0.05) is 0 Å². The summed E-state index contributed by atoms with van der Waals surface area (Å²) in [5.74, 6) is 1.08. The van der Waals surface area contributed by atoms with Crippen LogP contribution in [0.25, 0.3) is 0 Å². The molecule has 1 aliphatic heterocycles. The molecule has 1 heterocycles. The molecule has 0 bridgehead atoms. The van der Waals surface area contributed by atoms with E-state index in [0.717, 1.165) is 12.0 Å². The van der Waals surface area contributed by atoms with E-state index in [4.69, 9.17) is 14.2 Å². The van der Waals surface area contributed by atoms with Crippen LogP contribution in [0.5, 0.6) is 0 Å². The summed E-state index contributed by atoms with van der Waals surface area (Å²) in [4.78, 5) is 0. The van der Waals surface area contributed by atoms with Crippen LogP contribution in [0, 0.1) is 20.7 Å². The van der Waals surface area contributed by atoms with Gasteiger partial charge in [0.1, 0.15) is 5.85 Å². The van der Waals surface area contributed by atoms with Crippen molar-refractivity contribution in [1.29, 1.82) is 0 Å². The molecule has 0 aliphatic carbocycles. The van der Waals surface area contributed by atoms with Gasteiger partial charge in [-0.05, 0) is 63.0 Å². The largest absolute Gasteiger partial charge is 0.345 e. The summed E-state index contributed by atoms with van der Waals surface area (Å²) in [7, 11) is -0.926. The molecule has 1 aromatic rings. The smallest absolute Gasteiger partial charge is 0.159 e. The van der Waals surface area contributed by atoms with E-state index in [1.54, 1.807) is 0 Å². The summed E-state index contributed by atoms with van der Waals surface area (Å²) < 4.78 is 18.1. The van der Waals surface area contributed by atoms with Gasteiger partial charge in [-0.1, -0.05) is 88.6 Å². The van der Waals surface area contributed by atoms with Gasteiger partial charge in [0.2, 0.25) is 0 Å². The van der Waals surface area contributed by atoms with E-state index in [2.05, 4.69) is 79.7 Å². The predicted molar refractivity (Wildman–Crippen MR) is 134 cm³/mol. The van der Waals surface area contributed by atoms with Crippen molar-refractivity contribution in [2.75, 3.05) is 0 Å². The minimum atomic E-state index is -0.707. The molecular weight excluding hydrogens is 410 g/mol. The van der Waals surface area contributed by atoms with Crippen LogP contribution < -0.4 is 5.30 Å². The maximum Gasteiger partial charge on any atom is 0.159 e. The summed E-state index contributed by atoms with van der Waals surface area (Å²) in [5.41, 5.74) is 1.45. The van der Waals surface area contributed by atoms with Gasteiger partial charge < -0.3 is 14.2 Å². The third-order valence-corrected chi connectivity index (χ3v) is 11.5. The van der Waals surface area contributed by atoms with Gasteiger partial charge in [-0.25, -0.2) is 0 Å². The molecule has 1 aliphatic rings. The average Bonchev–Trinajstić information content (AvgIpc) is 2.50. The van der Waals surface area contributed by atoms with Crippen LogP contribution in [0.4, 0.5) is 0 Å². The van der Waals surface area contributed by atoms with E-state index >= 15 is 0 Å². The molecule has 4 unspecified atom stereocenters. The van der Waals surface area contributed by atoms with E-state index in [9.17, 15) is 0 Å². The Morgan fingerprint density at radius 1 is 0.867 bits per heavy atom. The Balaban J connectivity index is 0.00000420. The van der Waals surface area contributed by atoms with Crippen molar-refractivity contribution in [2.45, 2.75) is 104 Å². The fourth-order valence-corrected chi connectivity index (χ4v) is 10.3. The van der Waals surface area contributed by atoms with Crippen LogP contribution >= 0.6 is 15.8 Å². The monoisotopic (exact) mass is 453 g/mol. The summed E-state index contributed by atoms with van der Waals surface area (Å²) in [5, 5.41) is 1.98. The van der Waals surface area contributed by atoms with Gasteiger partial charge in [0.25, 0.3) is 0 Å². The lowest BCUT2D eigenvalue weighted by Crippen LogP contribution is -2.33. The van der Waals surface area contributed by atoms with Crippen LogP contribution in [0.15, 0.2) is 24.3 Å². The lowest BCUT2D eigenvalue weighted by molar-refractivity contribution is -0.232. The van der Waals surface area contributed by atoms with Crippen LogP contribution in [-0.2, 0) is 20.4 Å². The minimum Gasteiger partial charge on any atom is -0.345 e. The van der Waals surface area contributed by atoms with Crippen LogP contribution in [-0.4, -0.2) is 28.7 Å². The zero-order valence-corrected chi connectivity index (χ0v) is 22.6. The number of benzene rings is 1. The van der Waals surface area contributed by atoms with E-state index in [1.165, 1.54) is 10.9 Å². The minimum absolute atomic E-state index is 0. The molecule has 0 amide bonds. The Kier molecular flexibility index (Phi) is 11.7. The second kappa shape index (κ2) is 11.7. The molecule has 1 fully saturated rings. The van der Waals surface area contributed by atoms with E-state index in [1.807, 2.05) is 13.8 Å². The van der Waals surface area contributed by atoms with Crippen molar-refractivity contribution in [3.8, 4) is 0 Å². The summed E-state index contributed by atoms with van der Waals surface area (Å²) in [6.45, 7) is 22.5. The first-order chi connectivity index (χ1) is 12.8. The second-order valence-corrected chi connectivity index (χ2v) is 16.0. The number of hydrogen-bond acceptors (Lipinski definition) is 3. The molecule has 1 saturated heterocycles. The van der Waals surface area contributed by atoms with Crippen LogP contribution in [0.2, 0.25) is 0 Å². The maximum atomic E-state index is 6.20. The van der Waals surface area contributed by atoms with Crippen molar-refractivity contribution in [1.82, 2.24) is 0 Å². The van der Waals surface area contributed by atoms with Gasteiger partial charge in [0.15, 0.2) is 12.6 Å². The van der Waals surface area contributed by atoms with Gasteiger partial charge in [0.05, 0.1) is 5.85 Å². The molecule has 0 N–H and O–H groups in total. The van der Waals surface area contributed by atoms with Crippen LogP contribution in [0.3, 0.4) is 0 Å². The zero-order chi connectivity index (χ0) is 21.3. The second-order valence-electron chi connectivity index (χ2n) is 9.57. The lowest BCUT2D eigenvalue weighted by atomic mass is 10.2. The molecule has 0 aromatic heterocycles. The normalized spacial score (nSPS) is 26.4. The molecule has 4 atom stereocenters. The molecule has 0 spiro atoms. The molecule has 0 saturated carbocycles. The molecule has 1 aromatic carbocycles. The number of hydrogen-bond donors (Lipinski definition) is 0. The standard InChI is InChI=1S/C23H39O3P2.2CH2/c1-16-24-17(2)26-19(4)28(18(3)25-16)21-14-12-11-13-20(21)15-27(22(5,6)7)23(8,9)10;;/h11-14,16-18H,15H2,1-10H3;2*1H2. The van der Waals surface area contributed by atoms with Gasteiger partial charge in [-0.2, -0.15) is 0 Å². The van der Waals surface area contributed by atoms with Gasteiger partial charge in [-0.3, -0.25) is 0 Å². The third kappa shape index (κ3) is 7.83. The number of rotatable bonds is 3. The predicted octanol–water partition coefficient (Wildman–Crippen LogP) is 7.64.